The highest BCUT2D eigenvalue weighted by atomic mass is 28.4. The van der Waals surface area contributed by atoms with E-state index in [0.717, 1.165) is 11.1 Å². The summed E-state index contributed by atoms with van der Waals surface area (Å²) in [6.07, 6.45) is 0.331. The van der Waals surface area contributed by atoms with Crippen LogP contribution in [0, 0.1) is 0 Å². The number of Topliss-reactive ketones (excluding diaryl/α,β-unsaturated/α-hetero) is 1. The van der Waals surface area contributed by atoms with Crippen LogP contribution in [0.15, 0.2) is 54.6 Å². The second-order valence-electron chi connectivity index (χ2n) is 6.45. The predicted octanol–water partition coefficient (Wildman–Crippen LogP) is 4.69. The molecule has 0 radical (unpaired) electrons. The fraction of sp³-hybridized carbons (Fsp3) is 0.263. The highest BCUT2D eigenvalue weighted by Crippen LogP contribution is 2.20. The molecule has 0 aliphatic rings. The summed E-state index contributed by atoms with van der Waals surface area (Å²) < 4.78 is 5.35. The van der Waals surface area contributed by atoms with Crippen LogP contribution in [0.3, 0.4) is 0 Å². The molecule has 23 heavy (non-hydrogen) atoms. The summed E-state index contributed by atoms with van der Waals surface area (Å²) in [6.45, 7) is 5.86. The van der Waals surface area contributed by atoms with E-state index in [4.69, 9.17) is 4.43 Å². The van der Waals surface area contributed by atoms with Crippen LogP contribution >= 0.6 is 0 Å². The van der Waals surface area contributed by atoms with E-state index in [-0.39, 0.29) is 24.6 Å². The van der Waals surface area contributed by atoms with Crippen molar-refractivity contribution >= 4 is 20.1 Å². The minimum absolute atomic E-state index is 0.0304. The molecule has 0 aromatic heterocycles. The molecule has 0 aliphatic heterocycles. The van der Waals surface area contributed by atoms with Crippen LogP contribution in [0.4, 0.5) is 0 Å². The molecule has 0 amide bonds. The normalized spacial score (nSPS) is 11.1. The molecular formula is C19H22O3Si. The number of carbonyl (C=O) groups excluding carboxylic acids is 2. The van der Waals surface area contributed by atoms with Gasteiger partial charge >= 0.3 is 0 Å². The summed E-state index contributed by atoms with van der Waals surface area (Å²) in [5.74, 6) is -0.310. The number of benzene rings is 2. The molecule has 0 N–H and O–H groups in total. The zero-order valence-electron chi connectivity index (χ0n) is 13.8. The largest absolute Gasteiger partial charge is 0.520 e. The summed E-state index contributed by atoms with van der Waals surface area (Å²) >= 11 is 0. The van der Waals surface area contributed by atoms with E-state index < -0.39 is 8.32 Å². The zero-order chi connectivity index (χ0) is 16.9. The number of carbonyl (C=O) groups is 2. The Balaban J connectivity index is 1.94. The Kier molecular flexibility index (Phi) is 5.50. The molecule has 2 rings (SSSR count). The molecule has 0 unspecified atom stereocenters. The van der Waals surface area contributed by atoms with E-state index in [9.17, 15) is 9.59 Å². The molecule has 0 fully saturated rings. The molecule has 0 saturated heterocycles. The second kappa shape index (κ2) is 7.37. The van der Waals surface area contributed by atoms with Gasteiger partial charge in [-0.05, 0) is 30.8 Å². The van der Waals surface area contributed by atoms with Gasteiger partial charge in [-0.15, -0.1) is 0 Å². The average molecular weight is 326 g/mol. The molecule has 3 nitrogen and oxygen atoms in total. The Hall–Kier alpha value is -2.20. The lowest BCUT2D eigenvalue weighted by molar-refractivity contribution is -0.135. The standard InChI is InChI=1S/C19H22O3Si/c1-23(2,3)22-19(21)14-13-18(20)17-11-9-16(10-12-17)15-7-5-4-6-8-15/h4-12H,13-14H2,1-3H3. The van der Waals surface area contributed by atoms with Crippen LogP contribution < -0.4 is 0 Å². The van der Waals surface area contributed by atoms with Gasteiger partial charge in [0.15, 0.2) is 5.78 Å². The third kappa shape index (κ3) is 5.49. The van der Waals surface area contributed by atoms with Crippen molar-refractivity contribution in [1.82, 2.24) is 0 Å². The third-order valence-electron chi connectivity index (χ3n) is 3.29. The van der Waals surface area contributed by atoms with Gasteiger partial charge in [0.2, 0.25) is 8.32 Å². The molecule has 120 valence electrons. The maximum Gasteiger partial charge on any atom is 0.292 e. The summed E-state index contributed by atoms with van der Waals surface area (Å²) in [7, 11) is -1.88. The van der Waals surface area contributed by atoms with Crippen LogP contribution in [-0.4, -0.2) is 20.1 Å². The van der Waals surface area contributed by atoms with Crippen LogP contribution in [0.5, 0.6) is 0 Å². The van der Waals surface area contributed by atoms with E-state index in [1.807, 2.05) is 74.2 Å². The molecule has 0 aliphatic carbocycles. The SMILES string of the molecule is C[Si](C)(C)OC(=O)CCC(=O)c1ccc(-c2ccccc2)cc1. The Morgan fingerprint density at radius 1 is 0.826 bits per heavy atom. The van der Waals surface area contributed by atoms with Gasteiger partial charge in [-0.2, -0.15) is 0 Å². The molecule has 0 bridgehead atoms. The van der Waals surface area contributed by atoms with Crippen molar-refractivity contribution in [3.8, 4) is 11.1 Å². The van der Waals surface area contributed by atoms with Gasteiger partial charge in [0.25, 0.3) is 5.97 Å². The zero-order valence-corrected chi connectivity index (χ0v) is 14.8. The molecule has 0 atom stereocenters. The van der Waals surface area contributed by atoms with Gasteiger partial charge < -0.3 is 4.43 Å². The maximum atomic E-state index is 12.2. The van der Waals surface area contributed by atoms with Crippen LogP contribution in [0.1, 0.15) is 23.2 Å². The number of hydrogen-bond acceptors (Lipinski definition) is 3. The molecule has 0 saturated carbocycles. The van der Waals surface area contributed by atoms with E-state index in [1.165, 1.54) is 0 Å². The predicted molar refractivity (Wildman–Crippen MR) is 94.9 cm³/mol. The summed E-state index contributed by atoms with van der Waals surface area (Å²) in [5, 5.41) is 0. The van der Waals surface area contributed by atoms with Crippen molar-refractivity contribution in [3.05, 3.63) is 60.2 Å². The number of ketones is 1. The number of rotatable bonds is 6. The second-order valence-corrected chi connectivity index (χ2v) is 10.9. The highest BCUT2D eigenvalue weighted by molar-refractivity contribution is 6.71. The molecule has 0 spiro atoms. The van der Waals surface area contributed by atoms with E-state index in [2.05, 4.69) is 0 Å². The minimum atomic E-state index is -1.88. The lowest BCUT2D eigenvalue weighted by atomic mass is 10.0. The van der Waals surface area contributed by atoms with Crippen molar-refractivity contribution in [2.75, 3.05) is 0 Å². The first-order valence-corrected chi connectivity index (χ1v) is 11.2. The topological polar surface area (TPSA) is 43.4 Å². The Morgan fingerprint density at radius 3 is 1.96 bits per heavy atom. The first kappa shape index (κ1) is 17.2. The molecular weight excluding hydrogens is 304 g/mol. The Labute approximate surface area is 138 Å². The van der Waals surface area contributed by atoms with Crippen molar-refractivity contribution in [2.45, 2.75) is 32.5 Å². The minimum Gasteiger partial charge on any atom is -0.520 e. The van der Waals surface area contributed by atoms with E-state index in [1.54, 1.807) is 0 Å². The van der Waals surface area contributed by atoms with Crippen molar-refractivity contribution in [2.24, 2.45) is 0 Å². The Morgan fingerprint density at radius 2 is 1.39 bits per heavy atom. The fourth-order valence-electron chi connectivity index (χ4n) is 2.23. The Bertz CT molecular complexity index is 670. The van der Waals surface area contributed by atoms with Crippen LogP contribution in [0.25, 0.3) is 11.1 Å². The van der Waals surface area contributed by atoms with E-state index in [0.29, 0.717) is 5.56 Å². The van der Waals surface area contributed by atoms with Crippen LogP contribution in [-0.2, 0) is 9.22 Å². The lowest BCUT2D eigenvalue weighted by Gasteiger charge is -2.16. The van der Waals surface area contributed by atoms with Gasteiger partial charge in [0.05, 0.1) is 6.42 Å². The monoisotopic (exact) mass is 326 g/mol. The van der Waals surface area contributed by atoms with Crippen molar-refractivity contribution in [3.63, 3.8) is 0 Å². The summed E-state index contributed by atoms with van der Waals surface area (Å²) in [5.41, 5.74) is 2.82. The van der Waals surface area contributed by atoms with Gasteiger partial charge in [-0.3, -0.25) is 9.59 Å². The van der Waals surface area contributed by atoms with Gasteiger partial charge in [-0.25, -0.2) is 0 Å². The molecule has 2 aromatic rings. The van der Waals surface area contributed by atoms with Gasteiger partial charge in [0.1, 0.15) is 0 Å². The highest BCUT2D eigenvalue weighted by Gasteiger charge is 2.20. The average Bonchev–Trinajstić information content (AvgIpc) is 2.52. The summed E-state index contributed by atoms with van der Waals surface area (Å²) in [6, 6.07) is 17.5. The van der Waals surface area contributed by atoms with Crippen molar-refractivity contribution < 1.29 is 14.0 Å². The fourth-order valence-corrected chi connectivity index (χ4v) is 3.02. The maximum absolute atomic E-state index is 12.2. The third-order valence-corrected chi connectivity index (χ3v) is 4.13. The van der Waals surface area contributed by atoms with Crippen LogP contribution in [0.2, 0.25) is 19.6 Å². The first-order valence-electron chi connectivity index (χ1n) is 7.76. The summed E-state index contributed by atoms with van der Waals surface area (Å²) in [4.78, 5) is 23.9. The smallest absolute Gasteiger partial charge is 0.292 e. The van der Waals surface area contributed by atoms with E-state index >= 15 is 0 Å². The molecule has 0 heterocycles. The van der Waals surface area contributed by atoms with Crippen molar-refractivity contribution in [1.29, 1.82) is 0 Å². The molecule has 2 aromatic carbocycles. The number of hydrogen-bond donors (Lipinski definition) is 0. The van der Waals surface area contributed by atoms with Gasteiger partial charge in [-0.1, -0.05) is 54.6 Å². The lowest BCUT2D eigenvalue weighted by Crippen LogP contribution is -2.29. The van der Waals surface area contributed by atoms with Gasteiger partial charge in [0, 0.05) is 12.0 Å². The first-order chi connectivity index (χ1) is 10.8. The molecule has 4 heteroatoms. The quantitative estimate of drug-likeness (QED) is 0.571.